The molecule has 96 valence electrons. The van der Waals surface area contributed by atoms with Crippen molar-refractivity contribution < 1.29 is 9.53 Å². The van der Waals surface area contributed by atoms with Gasteiger partial charge in [-0.15, -0.1) is 0 Å². The minimum Gasteiger partial charge on any atom is -0.370 e. The summed E-state index contributed by atoms with van der Waals surface area (Å²) in [5, 5.41) is 3.82. The lowest BCUT2D eigenvalue weighted by molar-refractivity contribution is -0.125. The molecular weight excluding hydrogens is 274 g/mol. The van der Waals surface area contributed by atoms with Crippen LogP contribution in [0, 0.1) is 0 Å². The van der Waals surface area contributed by atoms with Gasteiger partial charge in [0.15, 0.2) is 5.13 Å². The smallest absolute Gasteiger partial charge is 0.256 e. The number of rotatable bonds is 4. The van der Waals surface area contributed by atoms with Gasteiger partial charge in [-0.05, 0) is 18.2 Å². The van der Waals surface area contributed by atoms with Crippen LogP contribution in [0.3, 0.4) is 0 Å². The van der Waals surface area contributed by atoms with Crippen LogP contribution in [0.25, 0.3) is 10.2 Å². The first-order chi connectivity index (χ1) is 8.63. The Bertz CT molecular complexity index is 568. The van der Waals surface area contributed by atoms with Crippen LogP contribution >= 0.6 is 22.9 Å². The van der Waals surface area contributed by atoms with Gasteiger partial charge in [0, 0.05) is 18.7 Å². The Morgan fingerprint density at radius 1 is 1.67 bits per heavy atom. The average Bonchev–Trinajstić information content (AvgIpc) is 2.71. The van der Waals surface area contributed by atoms with Crippen LogP contribution in [-0.2, 0) is 9.53 Å². The summed E-state index contributed by atoms with van der Waals surface area (Å²) in [6, 6.07) is 5.37. The number of thiazole rings is 1. The molecular formula is C11H12ClN3O2S. The molecule has 2 rings (SSSR count). The molecule has 7 heteroatoms. The highest BCUT2D eigenvalue weighted by atomic mass is 35.5. The number of fused-ring (bicyclic) bond motifs is 1. The maximum Gasteiger partial charge on any atom is 0.256 e. The van der Waals surface area contributed by atoms with E-state index in [9.17, 15) is 4.79 Å². The molecule has 1 aromatic carbocycles. The van der Waals surface area contributed by atoms with Gasteiger partial charge < -0.3 is 10.5 Å². The molecule has 5 nitrogen and oxygen atoms in total. The number of methoxy groups -OCH3 is 1. The zero-order chi connectivity index (χ0) is 13.1. The molecule has 0 saturated carbocycles. The predicted octanol–water partition coefficient (Wildman–Crippen LogP) is 1.86. The minimum absolute atomic E-state index is 0.124. The number of anilines is 1. The van der Waals surface area contributed by atoms with E-state index in [1.165, 1.54) is 18.4 Å². The third-order valence-corrected chi connectivity index (χ3v) is 3.54. The third-order valence-electron chi connectivity index (χ3n) is 2.37. The van der Waals surface area contributed by atoms with Crippen molar-refractivity contribution in [1.29, 1.82) is 0 Å². The van der Waals surface area contributed by atoms with Crippen LogP contribution in [0.2, 0.25) is 5.02 Å². The van der Waals surface area contributed by atoms with Crippen molar-refractivity contribution in [1.82, 2.24) is 4.98 Å². The lowest BCUT2D eigenvalue weighted by Gasteiger charge is -2.10. The number of amides is 1. The van der Waals surface area contributed by atoms with Gasteiger partial charge in [-0.3, -0.25) is 10.1 Å². The summed E-state index contributed by atoms with van der Waals surface area (Å²) in [4.78, 5) is 16.0. The molecule has 0 fully saturated rings. The molecule has 0 aliphatic heterocycles. The van der Waals surface area contributed by atoms with Crippen molar-refractivity contribution in [2.24, 2.45) is 5.73 Å². The Hall–Kier alpha value is -1.21. The zero-order valence-electron chi connectivity index (χ0n) is 9.64. The molecule has 1 amide bonds. The first-order valence-electron chi connectivity index (χ1n) is 5.24. The van der Waals surface area contributed by atoms with E-state index in [2.05, 4.69) is 10.3 Å². The lowest BCUT2D eigenvalue weighted by atomic mass is 10.3. The van der Waals surface area contributed by atoms with E-state index in [1.807, 2.05) is 0 Å². The molecule has 3 N–H and O–H groups in total. The Labute approximate surface area is 113 Å². The highest BCUT2D eigenvalue weighted by molar-refractivity contribution is 7.22. The van der Waals surface area contributed by atoms with Gasteiger partial charge in [0.05, 0.1) is 10.2 Å². The van der Waals surface area contributed by atoms with Crippen LogP contribution in [0.15, 0.2) is 18.2 Å². The maximum atomic E-state index is 11.7. The van der Waals surface area contributed by atoms with Gasteiger partial charge >= 0.3 is 0 Å². The van der Waals surface area contributed by atoms with Gasteiger partial charge in [-0.2, -0.15) is 0 Å². The van der Waals surface area contributed by atoms with Crippen LogP contribution in [-0.4, -0.2) is 30.6 Å². The number of ether oxygens (including phenoxy) is 1. The van der Waals surface area contributed by atoms with E-state index >= 15 is 0 Å². The first-order valence-corrected chi connectivity index (χ1v) is 6.43. The summed E-state index contributed by atoms with van der Waals surface area (Å²) < 4.78 is 5.86. The molecule has 0 bridgehead atoms. The molecule has 0 aliphatic rings. The zero-order valence-corrected chi connectivity index (χ0v) is 11.2. The minimum atomic E-state index is -0.666. The molecule has 0 radical (unpaired) electrons. The topological polar surface area (TPSA) is 77.2 Å². The molecule has 2 aromatic rings. The van der Waals surface area contributed by atoms with Crippen molar-refractivity contribution in [3.63, 3.8) is 0 Å². The standard InChI is InChI=1S/C11H12ClN3O2S/c1-17-8(5-13)10(16)15-11-14-7-3-2-6(12)4-9(7)18-11/h2-4,8H,5,13H2,1H3,(H,14,15,16). The van der Waals surface area contributed by atoms with Crippen LogP contribution < -0.4 is 11.1 Å². The van der Waals surface area contributed by atoms with E-state index in [0.717, 1.165) is 10.2 Å². The number of carbonyl (C=O) groups is 1. The molecule has 0 saturated heterocycles. The average molecular weight is 286 g/mol. The maximum absolute atomic E-state index is 11.7. The van der Waals surface area contributed by atoms with Gasteiger partial charge in [0.1, 0.15) is 6.10 Å². The van der Waals surface area contributed by atoms with Gasteiger partial charge in [-0.25, -0.2) is 4.98 Å². The SMILES string of the molecule is COC(CN)C(=O)Nc1nc2ccc(Cl)cc2s1. The molecule has 0 spiro atoms. The van der Waals surface area contributed by atoms with Crippen molar-refractivity contribution in [2.45, 2.75) is 6.10 Å². The highest BCUT2D eigenvalue weighted by Crippen LogP contribution is 2.28. The fourth-order valence-electron chi connectivity index (χ4n) is 1.45. The second-order valence-corrected chi connectivity index (χ2v) is 5.05. The van der Waals surface area contributed by atoms with E-state index in [1.54, 1.807) is 18.2 Å². The van der Waals surface area contributed by atoms with Crippen molar-refractivity contribution in [3.8, 4) is 0 Å². The van der Waals surface area contributed by atoms with Gasteiger partial charge in [-0.1, -0.05) is 22.9 Å². The lowest BCUT2D eigenvalue weighted by Crippen LogP contribution is -2.35. The Balaban J connectivity index is 2.19. The number of carbonyl (C=O) groups excluding carboxylic acids is 1. The Kier molecular flexibility index (Phi) is 4.13. The normalized spacial score (nSPS) is 12.6. The quantitative estimate of drug-likeness (QED) is 0.899. The first kappa shape index (κ1) is 13.2. The van der Waals surface area contributed by atoms with E-state index < -0.39 is 6.10 Å². The van der Waals surface area contributed by atoms with Gasteiger partial charge in [0.2, 0.25) is 0 Å². The molecule has 1 unspecified atom stereocenters. The largest absolute Gasteiger partial charge is 0.370 e. The number of halogens is 1. The predicted molar refractivity (Wildman–Crippen MR) is 73.1 cm³/mol. The van der Waals surface area contributed by atoms with Crippen molar-refractivity contribution >= 4 is 44.2 Å². The van der Waals surface area contributed by atoms with Gasteiger partial charge in [0.25, 0.3) is 5.91 Å². The van der Waals surface area contributed by atoms with E-state index in [0.29, 0.717) is 10.2 Å². The number of benzene rings is 1. The molecule has 1 heterocycles. The van der Waals surface area contributed by atoms with E-state index in [-0.39, 0.29) is 12.5 Å². The number of nitrogens with two attached hydrogens (primary N) is 1. The molecule has 0 aliphatic carbocycles. The summed E-state index contributed by atoms with van der Waals surface area (Å²) in [7, 11) is 1.44. The van der Waals surface area contributed by atoms with Crippen molar-refractivity contribution in [2.75, 3.05) is 19.0 Å². The summed E-state index contributed by atoms with van der Waals surface area (Å²) in [6.45, 7) is 0.124. The van der Waals surface area contributed by atoms with Crippen molar-refractivity contribution in [3.05, 3.63) is 23.2 Å². The number of aromatic nitrogens is 1. The number of nitrogens with zero attached hydrogens (tertiary/aromatic N) is 1. The number of hydrogen-bond acceptors (Lipinski definition) is 5. The molecule has 18 heavy (non-hydrogen) atoms. The summed E-state index contributed by atoms with van der Waals surface area (Å²) in [5.74, 6) is -0.301. The second kappa shape index (κ2) is 5.62. The Morgan fingerprint density at radius 3 is 3.11 bits per heavy atom. The third kappa shape index (κ3) is 2.78. The number of nitrogens with one attached hydrogen (secondary N) is 1. The van der Waals surface area contributed by atoms with Crippen LogP contribution in [0.4, 0.5) is 5.13 Å². The second-order valence-electron chi connectivity index (χ2n) is 3.58. The van der Waals surface area contributed by atoms with Crippen LogP contribution in [0.5, 0.6) is 0 Å². The summed E-state index contributed by atoms with van der Waals surface area (Å²) >= 11 is 7.24. The monoisotopic (exact) mass is 285 g/mol. The summed E-state index contributed by atoms with van der Waals surface area (Å²) in [6.07, 6.45) is -0.666. The van der Waals surface area contributed by atoms with Crippen LogP contribution in [0.1, 0.15) is 0 Å². The molecule has 1 aromatic heterocycles. The fourth-order valence-corrected chi connectivity index (χ4v) is 2.59. The van der Waals surface area contributed by atoms with E-state index in [4.69, 9.17) is 22.1 Å². The Morgan fingerprint density at radius 2 is 2.44 bits per heavy atom. The number of hydrogen-bond donors (Lipinski definition) is 2. The summed E-state index contributed by atoms with van der Waals surface area (Å²) in [5.41, 5.74) is 6.21. The highest BCUT2D eigenvalue weighted by Gasteiger charge is 2.17. The molecule has 1 atom stereocenters. The fraction of sp³-hybridized carbons (Fsp3) is 0.273.